The van der Waals surface area contributed by atoms with Gasteiger partial charge in [-0.15, -0.1) is 0 Å². The molecule has 0 spiro atoms. The van der Waals surface area contributed by atoms with E-state index in [1.807, 2.05) is 0 Å². The number of nitrogens with two attached hydrogens (primary N) is 1. The lowest BCUT2D eigenvalue weighted by Gasteiger charge is -2.39. The highest BCUT2D eigenvalue weighted by molar-refractivity contribution is 5.44. The Kier molecular flexibility index (Phi) is 4.31. The second-order valence-corrected chi connectivity index (χ2v) is 5.01. The van der Waals surface area contributed by atoms with Gasteiger partial charge in [0.05, 0.1) is 4.92 Å². The Morgan fingerprint density at radius 1 is 1.58 bits per heavy atom. The maximum Gasteiger partial charge on any atom is 0.287 e. The summed E-state index contributed by atoms with van der Waals surface area (Å²) in [5.74, 6) is 1.51. The van der Waals surface area contributed by atoms with Crippen molar-refractivity contribution in [2.24, 2.45) is 11.7 Å². The summed E-state index contributed by atoms with van der Waals surface area (Å²) in [5.41, 5.74) is 5.87. The zero-order valence-corrected chi connectivity index (χ0v) is 11.2. The number of hydrogen-bond acceptors (Lipinski definition) is 5. The Morgan fingerprint density at radius 2 is 2.37 bits per heavy atom. The fraction of sp³-hybridized carbons (Fsp3) is 0.615. The van der Waals surface area contributed by atoms with Gasteiger partial charge in [-0.05, 0) is 24.8 Å². The molecule has 0 aromatic carbocycles. The second-order valence-electron chi connectivity index (χ2n) is 5.01. The molecular formula is C13H20N4O2. The third-order valence-corrected chi connectivity index (χ3v) is 3.91. The molecule has 0 amide bonds. The van der Waals surface area contributed by atoms with E-state index in [1.54, 1.807) is 6.07 Å². The Bertz CT molecular complexity index is 435. The molecule has 19 heavy (non-hydrogen) atoms. The SMILES string of the molecule is CCC1CCN(c2ccc([N+](=O)[O-])cn2)C(CN)C1. The van der Waals surface area contributed by atoms with Crippen molar-refractivity contribution in [3.05, 3.63) is 28.4 Å². The van der Waals surface area contributed by atoms with Crippen LogP contribution >= 0.6 is 0 Å². The van der Waals surface area contributed by atoms with E-state index in [-0.39, 0.29) is 11.7 Å². The van der Waals surface area contributed by atoms with Gasteiger partial charge in [0.15, 0.2) is 0 Å². The molecule has 0 bridgehead atoms. The summed E-state index contributed by atoms with van der Waals surface area (Å²) in [4.78, 5) is 16.6. The number of aromatic nitrogens is 1. The van der Waals surface area contributed by atoms with Crippen LogP contribution in [0.4, 0.5) is 11.5 Å². The molecule has 1 aliphatic heterocycles. The van der Waals surface area contributed by atoms with Gasteiger partial charge in [0.2, 0.25) is 0 Å². The summed E-state index contributed by atoms with van der Waals surface area (Å²) < 4.78 is 0. The quantitative estimate of drug-likeness (QED) is 0.663. The number of pyridine rings is 1. The van der Waals surface area contributed by atoms with Crippen molar-refractivity contribution >= 4 is 11.5 Å². The molecule has 2 N–H and O–H groups in total. The summed E-state index contributed by atoms with van der Waals surface area (Å²) in [7, 11) is 0. The van der Waals surface area contributed by atoms with Crippen LogP contribution in [0.2, 0.25) is 0 Å². The zero-order chi connectivity index (χ0) is 13.8. The summed E-state index contributed by atoms with van der Waals surface area (Å²) in [5, 5.41) is 10.6. The van der Waals surface area contributed by atoms with Gasteiger partial charge in [0, 0.05) is 25.2 Å². The van der Waals surface area contributed by atoms with Crippen molar-refractivity contribution in [2.75, 3.05) is 18.0 Å². The maximum absolute atomic E-state index is 10.6. The molecule has 1 aromatic heterocycles. The molecule has 1 fully saturated rings. The molecule has 1 saturated heterocycles. The lowest BCUT2D eigenvalue weighted by molar-refractivity contribution is -0.385. The highest BCUT2D eigenvalue weighted by Crippen LogP contribution is 2.28. The first-order valence-electron chi connectivity index (χ1n) is 6.72. The van der Waals surface area contributed by atoms with E-state index < -0.39 is 4.92 Å². The van der Waals surface area contributed by atoms with Crippen LogP contribution in [0.25, 0.3) is 0 Å². The van der Waals surface area contributed by atoms with Crippen LogP contribution in [0, 0.1) is 16.0 Å². The minimum absolute atomic E-state index is 0.0245. The van der Waals surface area contributed by atoms with Crippen LogP contribution in [0.1, 0.15) is 26.2 Å². The van der Waals surface area contributed by atoms with Gasteiger partial charge >= 0.3 is 0 Å². The lowest BCUT2D eigenvalue weighted by Crippen LogP contribution is -2.47. The fourth-order valence-electron chi connectivity index (χ4n) is 2.69. The van der Waals surface area contributed by atoms with E-state index in [0.717, 1.165) is 31.1 Å². The first kappa shape index (κ1) is 13.7. The van der Waals surface area contributed by atoms with E-state index in [2.05, 4.69) is 16.8 Å². The van der Waals surface area contributed by atoms with Gasteiger partial charge < -0.3 is 10.6 Å². The highest BCUT2D eigenvalue weighted by Gasteiger charge is 2.27. The molecular weight excluding hydrogens is 244 g/mol. The number of nitrogens with zero attached hydrogens (tertiary/aromatic N) is 3. The minimum atomic E-state index is -0.430. The molecule has 0 aliphatic carbocycles. The average molecular weight is 264 g/mol. The molecule has 6 heteroatoms. The third kappa shape index (κ3) is 3.01. The first-order chi connectivity index (χ1) is 9.15. The number of anilines is 1. The monoisotopic (exact) mass is 264 g/mol. The fourth-order valence-corrected chi connectivity index (χ4v) is 2.69. The normalized spacial score (nSPS) is 23.4. The Balaban J connectivity index is 2.13. The van der Waals surface area contributed by atoms with Gasteiger partial charge in [0.1, 0.15) is 12.0 Å². The van der Waals surface area contributed by atoms with E-state index >= 15 is 0 Å². The predicted octanol–water partition coefficient (Wildman–Crippen LogP) is 1.94. The van der Waals surface area contributed by atoms with Crippen molar-refractivity contribution in [1.29, 1.82) is 0 Å². The Labute approximate surface area is 112 Å². The molecule has 0 saturated carbocycles. The number of piperidine rings is 1. The number of hydrogen-bond donors (Lipinski definition) is 1. The Hall–Kier alpha value is -1.69. The van der Waals surface area contributed by atoms with Crippen LogP contribution in [0.3, 0.4) is 0 Å². The van der Waals surface area contributed by atoms with Crippen LogP contribution in [-0.4, -0.2) is 29.0 Å². The molecule has 2 rings (SSSR count). The highest BCUT2D eigenvalue weighted by atomic mass is 16.6. The van der Waals surface area contributed by atoms with E-state index in [9.17, 15) is 10.1 Å². The maximum atomic E-state index is 10.6. The third-order valence-electron chi connectivity index (χ3n) is 3.91. The topological polar surface area (TPSA) is 85.3 Å². The summed E-state index contributed by atoms with van der Waals surface area (Å²) >= 11 is 0. The zero-order valence-electron chi connectivity index (χ0n) is 11.2. The van der Waals surface area contributed by atoms with Crippen molar-refractivity contribution in [3.8, 4) is 0 Å². The number of nitro groups is 1. The average Bonchev–Trinajstić information content (AvgIpc) is 2.46. The summed E-state index contributed by atoms with van der Waals surface area (Å²) in [6.07, 6.45) is 4.70. The second kappa shape index (κ2) is 5.97. The number of rotatable bonds is 4. The van der Waals surface area contributed by atoms with Gasteiger partial charge in [-0.3, -0.25) is 10.1 Å². The van der Waals surface area contributed by atoms with Crippen molar-refractivity contribution in [3.63, 3.8) is 0 Å². The molecule has 2 unspecified atom stereocenters. The minimum Gasteiger partial charge on any atom is -0.352 e. The predicted molar refractivity (Wildman–Crippen MR) is 74.1 cm³/mol. The largest absolute Gasteiger partial charge is 0.352 e. The van der Waals surface area contributed by atoms with Gasteiger partial charge in [-0.2, -0.15) is 0 Å². The van der Waals surface area contributed by atoms with E-state index in [4.69, 9.17) is 5.73 Å². The van der Waals surface area contributed by atoms with Crippen molar-refractivity contribution in [1.82, 2.24) is 4.98 Å². The summed E-state index contributed by atoms with van der Waals surface area (Å²) in [6, 6.07) is 3.50. The molecule has 0 radical (unpaired) electrons. The molecule has 1 aliphatic rings. The smallest absolute Gasteiger partial charge is 0.287 e. The van der Waals surface area contributed by atoms with Crippen molar-refractivity contribution < 1.29 is 4.92 Å². The molecule has 2 atom stereocenters. The Morgan fingerprint density at radius 3 is 2.89 bits per heavy atom. The molecule has 1 aromatic rings. The molecule has 2 heterocycles. The molecule has 104 valence electrons. The van der Waals surface area contributed by atoms with E-state index in [0.29, 0.717) is 6.54 Å². The molecule has 6 nitrogen and oxygen atoms in total. The first-order valence-corrected chi connectivity index (χ1v) is 6.72. The standard InChI is InChI=1S/C13H20N4O2/c1-2-10-5-6-16(12(7-10)8-14)13-4-3-11(9-15-13)17(18)19/h3-4,9-10,12H,2,5-8,14H2,1H3. The van der Waals surface area contributed by atoms with Gasteiger partial charge in [-0.1, -0.05) is 13.3 Å². The van der Waals surface area contributed by atoms with Gasteiger partial charge in [0.25, 0.3) is 5.69 Å². The van der Waals surface area contributed by atoms with Gasteiger partial charge in [-0.25, -0.2) is 4.98 Å². The van der Waals surface area contributed by atoms with Crippen LogP contribution in [-0.2, 0) is 0 Å². The summed E-state index contributed by atoms with van der Waals surface area (Å²) in [6.45, 7) is 3.72. The lowest BCUT2D eigenvalue weighted by atomic mass is 9.89. The van der Waals surface area contributed by atoms with E-state index in [1.165, 1.54) is 18.7 Å². The van der Waals surface area contributed by atoms with Crippen molar-refractivity contribution in [2.45, 2.75) is 32.2 Å². The van der Waals surface area contributed by atoms with Crippen LogP contribution in [0.5, 0.6) is 0 Å². The van der Waals surface area contributed by atoms with Crippen LogP contribution in [0.15, 0.2) is 18.3 Å². The van der Waals surface area contributed by atoms with Crippen LogP contribution < -0.4 is 10.6 Å².